The molecule has 76 valence electrons. The Hall–Kier alpha value is -2.08. The molecule has 0 aliphatic carbocycles. The van der Waals surface area contributed by atoms with Crippen molar-refractivity contribution in [1.29, 1.82) is 5.26 Å². The zero-order valence-electron chi connectivity index (χ0n) is 8.31. The van der Waals surface area contributed by atoms with E-state index in [0.717, 1.165) is 0 Å². The Kier molecular flexibility index (Phi) is 3.25. The van der Waals surface area contributed by atoms with E-state index in [1.807, 2.05) is 12.1 Å². The molecular weight excluding hydrogens is 188 g/mol. The van der Waals surface area contributed by atoms with Gasteiger partial charge in [0.25, 0.3) is 0 Å². The van der Waals surface area contributed by atoms with Crippen LogP contribution >= 0.6 is 0 Å². The molecular formula is C12H12N2O. The smallest absolute Gasteiger partial charge is 0.242 e. The number of benzene rings is 1. The van der Waals surface area contributed by atoms with Crippen LogP contribution < -0.4 is 5.73 Å². The molecule has 1 amide bonds. The quantitative estimate of drug-likeness (QED) is 0.748. The lowest BCUT2D eigenvalue weighted by Crippen LogP contribution is -2.39. The van der Waals surface area contributed by atoms with E-state index in [1.165, 1.54) is 6.08 Å². The normalized spacial score (nSPS) is 13.5. The largest absolute Gasteiger partial charge is 0.368 e. The fourth-order valence-corrected chi connectivity index (χ4v) is 1.47. The maximum absolute atomic E-state index is 11.4. The number of primary amides is 1. The average Bonchev–Trinajstić information content (AvgIpc) is 2.26. The van der Waals surface area contributed by atoms with Crippen molar-refractivity contribution >= 4 is 5.91 Å². The van der Waals surface area contributed by atoms with Crippen LogP contribution in [0.2, 0.25) is 0 Å². The van der Waals surface area contributed by atoms with E-state index in [2.05, 4.69) is 6.58 Å². The average molecular weight is 200 g/mol. The summed E-state index contributed by atoms with van der Waals surface area (Å²) in [6, 6.07) is 10.8. The van der Waals surface area contributed by atoms with Gasteiger partial charge < -0.3 is 5.73 Å². The molecule has 1 aromatic rings. The molecule has 0 bridgehead atoms. The number of rotatable bonds is 4. The Balaban J connectivity index is 3.29. The summed E-state index contributed by atoms with van der Waals surface area (Å²) in [5.74, 6) is -0.642. The monoisotopic (exact) mass is 200 g/mol. The summed E-state index contributed by atoms with van der Waals surface area (Å²) in [6.07, 6.45) is 1.75. The first-order valence-electron chi connectivity index (χ1n) is 4.55. The molecule has 3 heteroatoms. The lowest BCUT2D eigenvalue weighted by molar-refractivity contribution is -0.121. The van der Waals surface area contributed by atoms with E-state index in [1.54, 1.807) is 24.3 Å². The molecule has 0 saturated carbocycles. The Morgan fingerprint density at radius 2 is 2.13 bits per heavy atom. The molecule has 15 heavy (non-hydrogen) atoms. The van der Waals surface area contributed by atoms with Gasteiger partial charge in [0, 0.05) is 0 Å². The highest BCUT2D eigenvalue weighted by molar-refractivity contribution is 5.90. The molecule has 1 atom stereocenters. The summed E-state index contributed by atoms with van der Waals surface area (Å²) in [5, 5.41) is 9.13. The van der Waals surface area contributed by atoms with Crippen LogP contribution in [0.15, 0.2) is 43.0 Å². The summed E-state index contributed by atoms with van der Waals surface area (Å²) < 4.78 is 0. The van der Waals surface area contributed by atoms with E-state index in [9.17, 15) is 4.79 Å². The first kappa shape index (κ1) is 11.0. The molecule has 0 saturated heterocycles. The highest BCUT2D eigenvalue weighted by atomic mass is 16.1. The number of nitrogens with two attached hydrogens (primary N) is 1. The summed E-state index contributed by atoms with van der Waals surface area (Å²) in [4.78, 5) is 11.4. The Morgan fingerprint density at radius 3 is 2.53 bits per heavy atom. The van der Waals surface area contributed by atoms with Crippen molar-refractivity contribution in [2.75, 3.05) is 0 Å². The van der Waals surface area contributed by atoms with Crippen molar-refractivity contribution in [3.8, 4) is 6.07 Å². The predicted octanol–water partition coefficient (Wildman–Crippen LogP) is 1.51. The molecule has 0 heterocycles. The zero-order valence-corrected chi connectivity index (χ0v) is 8.31. The van der Waals surface area contributed by atoms with Crippen LogP contribution in [0.25, 0.3) is 0 Å². The summed E-state index contributed by atoms with van der Waals surface area (Å²) in [5.41, 5.74) is 4.61. The Bertz CT molecular complexity index is 405. The second-order valence-electron chi connectivity index (χ2n) is 3.24. The number of amides is 1. The molecule has 2 N–H and O–H groups in total. The second-order valence-corrected chi connectivity index (χ2v) is 3.24. The summed E-state index contributed by atoms with van der Waals surface area (Å²) >= 11 is 0. The van der Waals surface area contributed by atoms with Gasteiger partial charge in [-0.15, -0.1) is 6.58 Å². The lowest BCUT2D eigenvalue weighted by atomic mass is 9.78. The van der Waals surface area contributed by atoms with Gasteiger partial charge in [-0.3, -0.25) is 4.79 Å². The van der Waals surface area contributed by atoms with Gasteiger partial charge in [0.15, 0.2) is 5.41 Å². The van der Waals surface area contributed by atoms with Crippen molar-refractivity contribution in [2.45, 2.75) is 11.8 Å². The van der Waals surface area contributed by atoms with Gasteiger partial charge in [-0.05, 0) is 12.0 Å². The van der Waals surface area contributed by atoms with Crippen LogP contribution in [0.1, 0.15) is 12.0 Å². The fourth-order valence-electron chi connectivity index (χ4n) is 1.47. The molecule has 0 spiro atoms. The number of carbonyl (C=O) groups is 1. The Morgan fingerprint density at radius 1 is 1.53 bits per heavy atom. The van der Waals surface area contributed by atoms with Crippen molar-refractivity contribution in [1.82, 2.24) is 0 Å². The third kappa shape index (κ3) is 1.89. The molecule has 0 fully saturated rings. The van der Waals surface area contributed by atoms with Crippen LogP contribution in [0.3, 0.4) is 0 Å². The van der Waals surface area contributed by atoms with Gasteiger partial charge >= 0.3 is 0 Å². The molecule has 3 nitrogen and oxygen atoms in total. The van der Waals surface area contributed by atoms with Crippen LogP contribution in [0.5, 0.6) is 0 Å². The molecule has 0 aliphatic rings. The van der Waals surface area contributed by atoms with E-state index in [-0.39, 0.29) is 6.42 Å². The number of nitrogens with zero attached hydrogens (tertiary/aromatic N) is 1. The van der Waals surface area contributed by atoms with Gasteiger partial charge in [0.05, 0.1) is 6.07 Å². The topological polar surface area (TPSA) is 66.9 Å². The van der Waals surface area contributed by atoms with Gasteiger partial charge in [0.1, 0.15) is 0 Å². The summed E-state index contributed by atoms with van der Waals surface area (Å²) in [7, 11) is 0. The van der Waals surface area contributed by atoms with E-state index < -0.39 is 11.3 Å². The van der Waals surface area contributed by atoms with Gasteiger partial charge in [-0.25, -0.2) is 0 Å². The van der Waals surface area contributed by atoms with Crippen molar-refractivity contribution in [3.05, 3.63) is 48.6 Å². The van der Waals surface area contributed by atoms with E-state index in [0.29, 0.717) is 5.56 Å². The lowest BCUT2D eigenvalue weighted by Gasteiger charge is -2.21. The fraction of sp³-hybridized carbons (Fsp3) is 0.167. The van der Waals surface area contributed by atoms with E-state index in [4.69, 9.17) is 11.0 Å². The Labute approximate surface area is 88.8 Å². The number of allylic oxidation sites excluding steroid dienone is 1. The third-order valence-electron chi connectivity index (χ3n) is 2.33. The SMILES string of the molecule is C=CCC(C#N)(C(N)=O)c1ccccc1. The molecule has 1 unspecified atom stereocenters. The minimum absolute atomic E-state index is 0.225. The van der Waals surface area contributed by atoms with Crippen molar-refractivity contribution in [3.63, 3.8) is 0 Å². The standard InChI is InChI=1S/C12H12N2O/c1-2-8-12(9-13,11(14)15)10-6-4-3-5-7-10/h2-7H,1,8H2,(H2,14,15). The van der Waals surface area contributed by atoms with Crippen molar-refractivity contribution in [2.24, 2.45) is 5.73 Å². The molecule has 1 rings (SSSR count). The molecule has 0 aliphatic heterocycles. The maximum Gasteiger partial charge on any atom is 0.242 e. The third-order valence-corrected chi connectivity index (χ3v) is 2.33. The van der Waals surface area contributed by atoms with Crippen LogP contribution in [-0.2, 0) is 10.2 Å². The highest BCUT2D eigenvalue weighted by Crippen LogP contribution is 2.27. The van der Waals surface area contributed by atoms with E-state index >= 15 is 0 Å². The van der Waals surface area contributed by atoms with Crippen LogP contribution in [-0.4, -0.2) is 5.91 Å². The molecule has 1 aromatic carbocycles. The van der Waals surface area contributed by atoms with Crippen LogP contribution in [0.4, 0.5) is 0 Å². The number of hydrogen-bond acceptors (Lipinski definition) is 2. The molecule has 0 aromatic heterocycles. The second kappa shape index (κ2) is 4.43. The summed E-state index contributed by atoms with van der Waals surface area (Å²) in [6.45, 7) is 3.54. The number of nitriles is 1. The van der Waals surface area contributed by atoms with Gasteiger partial charge in [-0.2, -0.15) is 5.26 Å². The maximum atomic E-state index is 11.4. The first-order valence-corrected chi connectivity index (χ1v) is 4.55. The first-order chi connectivity index (χ1) is 7.17. The van der Waals surface area contributed by atoms with Crippen LogP contribution in [0, 0.1) is 11.3 Å². The zero-order chi connectivity index (χ0) is 11.3. The van der Waals surface area contributed by atoms with Crippen molar-refractivity contribution < 1.29 is 4.79 Å². The minimum atomic E-state index is -1.29. The minimum Gasteiger partial charge on any atom is -0.368 e. The van der Waals surface area contributed by atoms with Gasteiger partial charge in [0.2, 0.25) is 5.91 Å². The highest BCUT2D eigenvalue weighted by Gasteiger charge is 2.37. The molecule has 0 radical (unpaired) electrons. The number of hydrogen-bond donors (Lipinski definition) is 1. The van der Waals surface area contributed by atoms with Gasteiger partial charge in [-0.1, -0.05) is 36.4 Å². The number of carbonyl (C=O) groups excluding carboxylic acids is 1. The predicted molar refractivity (Wildman–Crippen MR) is 57.7 cm³/mol.